The minimum Gasteiger partial charge on any atom is -0.275 e. The van der Waals surface area contributed by atoms with E-state index in [-0.39, 0.29) is 4.90 Å². The van der Waals surface area contributed by atoms with Gasteiger partial charge in [-0.05, 0) is 34.2 Å². The van der Waals surface area contributed by atoms with E-state index in [9.17, 15) is 8.42 Å². The monoisotopic (exact) mass is 440 g/mol. The SMILES string of the molecule is Cn1cc(-c2ccc(-c3cncc4ccc(-c5ccccc5S(N)(=O)=O)cc34)cc2)cn1. The van der Waals surface area contributed by atoms with E-state index in [2.05, 4.69) is 34.3 Å². The third-order valence-electron chi connectivity index (χ3n) is 5.50. The molecule has 0 saturated carbocycles. The third-order valence-corrected chi connectivity index (χ3v) is 6.47. The van der Waals surface area contributed by atoms with Gasteiger partial charge in [0.2, 0.25) is 10.0 Å². The lowest BCUT2D eigenvalue weighted by atomic mass is 9.96. The summed E-state index contributed by atoms with van der Waals surface area (Å²) in [7, 11) is -1.95. The first kappa shape index (κ1) is 20.1. The molecule has 0 aliphatic heterocycles. The molecule has 32 heavy (non-hydrogen) atoms. The molecule has 2 N–H and O–H groups in total. The van der Waals surface area contributed by atoms with Gasteiger partial charge in [0.05, 0.1) is 11.1 Å². The number of nitrogens with two attached hydrogens (primary N) is 1. The van der Waals surface area contributed by atoms with Gasteiger partial charge < -0.3 is 0 Å². The van der Waals surface area contributed by atoms with Gasteiger partial charge in [-0.3, -0.25) is 9.67 Å². The Hall–Kier alpha value is -3.81. The predicted molar refractivity (Wildman–Crippen MR) is 126 cm³/mol. The van der Waals surface area contributed by atoms with Crippen molar-refractivity contribution in [3.63, 3.8) is 0 Å². The van der Waals surface area contributed by atoms with Gasteiger partial charge in [0.15, 0.2) is 0 Å². The summed E-state index contributed by atoms with van der Waals surface area (Å²) in [4.78, 5) is 4.51. The average molecular weight is 441 g/mol. The van der Waals surface area contributed by atoms with Gasteiger partial charge in [0.1, 0.15) is 0 Å². The van der Waals surface area contributed by atoms with Gasteiger partial charge in [-0.1, -0.05) is 54.6 Å². The van der Waals surface area contributed by atoms with Crippen LogP contribution in [0.3, 0.4) is 0 Å². The van der Waals surface area contributed by atoms with Gasteiger partial charge in [-0.2, -0.15) is 5.10 Å². The van der Waals surface area contributed by atoms with Crippen LogP contribution in [0.2, 0.25) is 0 Å². The van der Waals surface area contributed by atoms with Crippen LogP contribution in [0.15, 0.2) is 96.4 Å². The first-order valence-electron chi connectivity index (χ1n) is 9.99. The quantitative estimate of drug-likeness (QED) is 0.442. The number of pyridine rings is 1. The maximum Gasteiger partial charge on any atom is 0.238 e. The molecule has 2 heterocycles. The Morgan fingerprint density at radius 3 is 2.22 bits per heavy atom. The molecule has 0 unspecified atom stereocenters. The number of fused-ring (bicyclic) bond motifs is 1. The van der Waals surface area contributed by atoms with E-state index in [1.54, 1.807) is 29.1 Å². The molecule has 0 aliphatic rings. The summed E-state index contributed by atoms with van der Waals surface area (Å²) in [5, 5.41) is 11.6. The number of benzene rings is 3. The first-order valence-corrected chi connectivity index (χ1v) is 11.5. The fraction of sp³-hybridized carbons (Fsp3) is 0.0400. The molecule has 0 saturated heterocycles. The second kappa shape index (κ2) is 7.71. The van der Waals surface area contributed by atoms with E-state index in [1.165, 1.54) is 6.07 Å². The zero-order valence-corrected chi connectivity index (χ0v) is 18.1. The second-order valence-corrected chi connectivity index (χ2v) is 9.17. The molecule has 0 atom stereocenters. The lowest BCUT2D eigenvalue weighted by molar-refractivity contribution is 0.598. The Labute approximate surface area is 186 Å². The third kappa shape index (κ3) is 3.68. The highest BCUT2D eigenvalue weighted by Gasteiger charge is 2.15. The van der Waals surface area contributed by atoms with E-state index in [1.807, 2.05) is 43.8 Å². The molecule has 158 valence electrons. The Bertz CT molecular complexity index is 1560. The number of primary sulfonamides is 1. The van der Waals surface area contributed by atoms with Gasteiger partial charge in [0.25, 0.3) is 0 Å². The molecule has 2 aromatic heterocycles. The largest absolute Gasteiger partial charge is 0.275 e. The van der Waals surface area contributed by atoms with Crippen LogP contribution in [0.1, 0.15) is 0 Å². The Morgan fingerprint density at radius 1 is 0.781 bits per heavy atom. The van der Waals surface area contributed by atoms with Crippen molar-refractivity contribution in [2.75, 3.05) is 0 Å². The maximum absolute atomic E-state index is 12.1. The topological polar surface area (TPSA) is 90.9 Å². The van der Waals surface area contributed by atoms with Crippen molar-refractivity contribution < 1.29 is 8.42 Å². The first-order chi connectivity index (χ1) is 15.4. The molecule has 0 spiro atoms. The fourth-order valence-electron chi connectivity index (χ4n) is 3.93. The van der Waals surface area contributed by atoms with Crippen molar-refractivity contribution in [3.05, 3.63) is 91.5 Å². The molecule has 0 fully saturated rings. The van der Waals surface area contributed by atoms with E-state index < -0.39 is 10.0 Å². The molecule has 3 aromatic carbocycles. The van der Waals surface area contributed by atoms with E-state index in [4.69, 9.17) is 5.14 Å². The molecule has 0 radical (unpaired) electrons. The molecule has 0 bridgehead atoms. The minimum atomic E-state index is -3.85. The average Bonchev–Trinajstić information content (AvgIpc) is 3.24. The lowest BCUT2D eigenvalue weighted by Crippen LogP contribution is -2.13. The molecule has 0 amide bonds. The summed E-state index contributed by atoms with van der Waals surface area (Å²) in [6.07, 6.45) is 7.45. The Kier molecular flexibility index (Phi) is 4.84. The highest BCUT2D eigenvalue weighted by Crippen LogP contribution is 2.34. The lowest BCUT2D eigenvalue weighted by Gasteiger charge is -2.11. The highest BCUT2D eigenvalue weighted by molar-refractivity contribution is 7.89. The van der Waals surface area contributed by atoms with Crippen molar-refractivity contribution >= 4 is 20.8 Å². The number of rotatable bonds is 4. The standard InChI is InChI=1S/C25H20N4O2S/c1-29-16-21(14-28-29)17-6-8-18(9-7-17)24-15-27-13-20-11-10-19(12-23(20)24)22-4-2-3-5-25(22)32(26,30)31/h2-16H,1H3,(H2,26,30,31). The molecular weight excluding hydrogens is 420 g/mol. The highest BCUT2D eigenvalue weighted by atomic mass is 32.2. The second-order valence-electron chi connectivity index (χ2n) is 7.64. The van der Waals surface area contributed by atoms with Crippen LogP contribution in [-0.4, -0.2) is 23.2 Å². The number of sulfonamides is 1. The Morgan fingerprint density at radius 2 is 1.50 bits per heavy atom. The van der Waals surface area contributed by atoms with Crippen LogP contribution in [0, 0.1) is 0 Å². The predicted octanol–water partition coefficient (Wildman–Crippen LogP) is 4.62. The summed E-state index contributed by atoms with van der Waals surface area (Å²) in [6.45, 7) is 0. The van der Waals surface area contributed by atoms with Crippen molar-refractivity contribution in [1.82, 2.24) is 14.8 Å². The minimum absolute atomic E-state index is 0.107. The molecule has 5 rings (SSSR count). The van der Waals surface area contributed by atoms with Crippen LogP contribution in [0.5, 0.6) is 0 Å². The zero-order chi connectivity index (χ0) is 22.3. The van der Waals surface area contributed by atoms with Gasteiger partial charge in [-0.25, -0.2) is 13.6 Å². The maximum atomic E-state index is 12.1. The number of aromatic nitrogens is 3. The van der Waals surface area contributed by atoms with E-state index in [0.717, 1.165) is 38.6 Å². The van der Waals surface area contributed by atoms with Crippen molar-refractivity contribution in [2.24, 2.45) is 12.2 Å². The van der Waals surface area contributed by atoms with Crippen LogP contribution in [-0.2, 0) is 17.1 Å². The van der Waals surface area contributed by atoms with Crippen molar-refractivity contribution in [2.45, 2.75) is 4.90 Å². The number of aryl methyl sites for hydroxylation is 1. The van der Waals surface area contributed by atoms with Crippen molar-refractivity contribution in [1.29, 1.82) is 0 Å². The number of hydrogen-bond acceptors (Lipinski definition) is 4. The van der Waals surface area contributed by atoms with Crippen molar-refractivity contribution in [3.8, 4) is 33.4 Å². The zero-order valence-electron chi connectivity index (χ0n) is 17.3. The summed E-state index contributed by atoms with van der Waals surface area (Å²) in [5.74, 6) is 0. The van der Waals surface area contributed by atoms with Crippen LogP contribution < -0.4 is 5.14 Å². The van der Waals surface area contributed by atoms with Gasteiger partial charge in [-0.15, -0.1) is 0 Å². The smallest absolute Gasteiger partial charge is 0.238 e. The number of hydrogen-bond donors (Lipinski definition) is 1. The normalized spacial score (nSPS) is 11.7. The molecule has 0 aliphatic carbocycles. The summed E-state index contributed by atoms with van der Waals surface area (Å²) in [6, 6.07) is 20.8. The van der Waals surface area contributed by atoms with E-state index >= 15 is 0 Å². The fourth-order valence-corrected chi connectivity index (χ4v) is 4.69. The molecular formula is C25H20N4O2S. The van der Waals surface area contributed by atoms with E-state index in [0.29, 0.717) is 5.56 Å². The van der Waals surface area contributed by atoms with Crippen LogP contribution in [0.25, 0.3) is 44.2 Å². The summed E-state index contributed by atoms with van der Waals surface area (Å²) < 4.78 is 26.0. The van der Waals surface area contributed by atoms with Crippen LogP contribution in [0.4, 0.5) is 0 Å². The van der Waals surface area contributed by atoms with Gasteiger partial charge >= 0.3 is 0 Å². The summed E-state index contributed by atoms with van der Waals surface area (Å²) in [5.41, 5.74) is 5.48. The Balaban J connectivity index is 1.63. The molecule has 6 nitrogen and oxygen atoms in total. The van der Waals surface area contributed by atoms with Gasteiger partial charge in [0, 0.05) is 47.7 Å². The summed E-state index contributed by atoms with van der Waals surface area (Å²) >= 11 is 0. The number of nitrogens with zero attached hydrogens (tertiary/aromatic N) is 3. The van der Waals surface area contributed by atoms with Crippen LogP contribution >= 0.6 is 0 Å². The molecule has 7 heteroatoms. The molecule has 5 aromatic rings.